The molecule has 1 aromatic carbocycles. The van der Waals surface area contributed by atoms with Gasteiger partial charge in [-0.2, -0.15) is 0 Å². The van der Waals surface area contributed by atoms with Crippen molar-refractivity contribution in [1.82, 2.24) is 14.8 Å². The zero-order valence-electron chi connectivity index (χ0n) is 13.1. The van der Waals surface area contributed by atoms with E-state index in [2.05, 4.69) is 15.2 Å². The fraction of sp³-hybridized carbons (Fsp3) is 0.294. The van der Waals surface area contributed by atoms with Gasteiger partial charge in [0.25, 0.3) is 0 Å². The van der Waals surface area contributed by atoms with Crippen LogP contribution in [0.15, 0.2) is 54.9 Å². The van der Waals surface area contributed by atoms with E-state index >= 15 is 0 Å². The minimum Gasteiger partial charge on any atom is -0.319 e. The predicted molar refractivity (Wildman–Crippen MR) is 88.7 cm³/mol. The molecule has 2 amide bonds. The van der Waals surface area contributed by atoms with Crippen LogP contribution in [0.2, 0.25) is 0 Å². The van der Waals surface area contributed by atoms with Gasteiger partial charge in [0.15, 0.2) is 0 Å². The lowest BCUT2D eigenvalue weighted by molar-refractivity contribution is 0.202. The van der Waals surface area contributed by atoms with Gasteiger partial charge in [0, 0.05) is 25.8 Å². The van der Waals surface area contributed by atoms with Gasteiger partial charge in [0.05, 0.1) is 11.9 Å². The highest BCUT2D eigenvalue weighted by Gasteiger charge is 2.14. The molecule has 0 spiro atoms. The van der Waals surface area contributed by atoms with Crippen LogP contribution in [0.5, 0.6) is 0 Å². The molecule has 2 aromatic rings. The molecule has 0 aliphatic rings. The molecule has 0 unspecified atom stereocenters. The van der Waals surface area contributed by atoms with Crippen molar-refractivity contribution in [3.8, 4) is 0 Å². The number of carbonyl (C=O) groups excluding carboxylic acids is 1. The zero-order chi connectivity index (χ0) is 15.8. The number of rotatable bonds is 6. The molecule has 0 aliphatic heterocycles. The topological polar surface area (TPSA) is 48.5 Å². The second-order valence-corrected chi connectivity index (χ2v) is 5.38. The number of aromatic nitrogens is 1. The highest BCUT2D eigenvalue weighted by atomic mass is 16.2. The highest BCUT2D eigenvalue weighted by molar-refractivity contribution is 5.89. The van der Waals surface area contributed by atoms with Crippen LogP contribution in [0.25, 0.3) is 0 Å². The van der Waals surface area contributed by atoms with Gasteiger partial charge in [-0.15, -0.1) is 0 Å². The van der Waals surface area contributed by atoms with Crippen molar-refractivity contribution in [3.63, 3.8) is 0 Å². The Kier molecular flexibility index (Phi) is 5.91. The Morgan fingerprint density at radius 3 is 2.50 bits per heavy atom. The lowest BCUT2D eigenvalue weighted by Crippen LogP contribution is -2.39. The minimum absolute atomic E-state index is 0.112. The van der Waals surface area contributed by atoms with E-state index in [0.29, 0.717) is 18.8 Å². The highest BCUT2D eigenvalue weighted by Crippen LogP contribution is 2.09. The third kappa shape index (κ3) is 5.18. The number of anilines is 1. The second kappa shape index (κ2) is 8.14. The molecule has 0 bridgehead atoms. The van der Waals surface area contributed by atoms with Gasteiger partial charge in [-0.1, -0.05) is 30.3 Å². The maximum absolute atomic E-state index is 12.5. The van der Waals surface area contributed by atoms with Crippen LogP contribution in [0.4, 0.5) is 10.5 Å². The van der Waals surface area contributed by atoms with E-state index in [0.717, 1.165) is 12.1 Å². The third-order valence-corrected chi connectivity index (χ3v) is 3.23. The standard InChI is InChI=1S/C17H22N4O/c1-20(2)11-12-21(14-15-7-4-3-5-8-15)17(22)19-16-9-6-10-18-13-16/h3-10,13H,11-12,14H2,1-2H3,(H,19,22). The first-order chi connectivity index (χ1) is 10.6. The Morgan fingerprint density at radius 1 is 1.09 bits per heavy atom. The molecular weight excluding hydrogens is 276 g/mol. The number of pyridine rings is 1. The molecule has 2 rings (SSSR count). The first-order valence-corrected chi connectivity index (χ1v) is 7.30. The van der Waals surface area contributed by atoms with Gasteiger partial charge in [0.1, 0.15) is 0 Å². The van der Waals surface area contributed by atoms with Crippen LogP contribution in [-0.4, -0.2) is 48.0 Å². The van der Waals surface area contributed by atoms with E-state index in [1.807, 2.05) is 55.4 Å². The maximum Gasteiger partial charge on any atom is 0.322 e. The summed E-state index contributed by atoms with van der Waals surface area (Å²) in [5.41, 5.74) is 1.82. The number of amides is 2. The van der Waals surface area contributed by atoms with Crippen LogP contribution >= 0.6 is 0 Å². The summed E-state index contributed by atoms with van der Waals surface area (Å²) in [6.45, 7) is 2.06. The SMILES string of the molecule is CN(C)CCN(Cc1ccccc1)C(=O)Nc1cccnc1. The van der Waals surface area contributed by atoms with Crippen LogP contribution < -0.4 is 5.32 Å². The molecule has 0 atom stereocenters. The molecule has 5 heteroatoms. The number of nitrogens with one attached hydrogen (secondary N) is 1. The van der Waals surface area contributed by atoms with Gasteiger partial charge in [-0.05, 0) is 31.8 Å². The summed E-state index contributed by atoms with van der Waals surface area (Å²) in [7, 11) is 4.00. The number of urea groups is 1. The third-order valence-electron chi connectivity index (χ3n) is 3.23. The fourth-order valence-corrected chi connectivity index (χ4v) is 2.02. The number of hydrogen-bond donors (Lipinski definition) is 1. The Morgan fingerprint density at radius 2 is 1.86 bits per heavy atom. The molecule has 1 heterocycles. The van der Waals surface area contributed by atoms with Crippen LogP contribution in [-0.2, 0) is 6.54 Å². The molecular formula is C17H22N4O. The van der Waals surface area contributed by atoms with Crippen LogP contribution in [0, 0.1) is 0 Å². The predicted octanol–water partition coefficient (Wildman–Crippen LogP) is 2.68. The van der Waals surface area contributed by atoms with Crippen molar-refractivity contribution in [2.24, 2.45) is 0 Å². The molecule has 1 aromatic heterocycles. The normalized spacial score (nSPS) is 10.5. The summed E-state index contributed by atoms with van der Waals surface area (Å²) in [4.78, 5) is 20.4. The lowest BCUT2D eigenvalue weighted by Gasteiger charge is -2.24. The van der Waals surface area contributed by atoms with Gasteiger partial charge < -0.3 is 15.1 Å². The molecule has 0 aliphatic carbocycles. The maximum atomic E-state index is 12.5. The molecule has 0 saturated carbocycles. The minimum atomic E-state index is -0.112. The van der Waals surface area contributed by atoms with E-state index in [-0.39, 0.29) is 6.03 Å². The molecule has 0 saturated heterocycles. The fourth-order valence-electron chi connectivity index (χ4n) is 2.02. The average molecular weight is 298 g/mol. The number of nitrogens with zero attached hydrogens (tertiary/aromatic N) is 3. The van der Waals surface area contributed by atoms with Crippen molar-refractivity contribution in [2.45, 2.75) is 6.54 Å². The first kappa shape index (κ1) is 16.0. The van der Waals surface area contributed by atoms with Gasteiger partial charge >= 0.3 is 6.03 Å². The van der Waals surface area contributed by atoms with Crippen molar-refractivity contribution in [2.75, 3.05) is 32.5 Å². The smallest absolute Gasteiger partial charge is 0.319 e. The summed E-state index contributed by atoms with van der Waals surface area (Å²) in [5.74, 6) is 0. The van der Waals surface area contributed by atoms with Crippen molar-refractivity contribution in [3.05, 3.63) is 60.4 Å². The number of carbonyl (C=O) groups is 1. The largest absolute Gasteiger partial charge is 0.322 e. The van der Waals surface area contributed by atoms with Crippen molar-refractivity contribution >= 4 is 11.7 Å². The van der Waals surface area contributed by atoms with Crippen molar-refractivity contribution < 1.29 is 4.79 Å². The summed E-state index contributed by atoms with van der Waals surface area (Å²) in [6, 6.07) is 13.5. The van der Waals surface area contributed by atoms with E-state index in [4.69, 9.17) is 0 Å². The number of hydrogen-bond acceptors (Lipinski definition) is 3. The van der Waals surface area contributed by atoms with Gasteiger partial charge in [0.2, 0.25) is 0 Å². The Labute approximate surface area is 131 Å². The summed E-state index contributed by atoms with van der Waals surface area (Å²) in [5, 5.41) is 2.89. The molecule has 5 nitrogen and oxygen atoms in total. The van der Waals surface area contributed by atoms with E-state index in [1.165, 1.54) is 0 Å². The number of benzene rings is 1. The van der Waals surface area contributed by atoms with E-state index < -0.39 is 0 Å². The monoisotopic (exact) mass is 298 g/mol. The first-order valence-electron chi connectivity index (χ1n) is 7.30. The van der Waals surface area contributed by atoms with E-state index in [9.17, 15) is 4.79 Å². The number of likely N-dealkylation sites (N-methyl/N-ethyl adjacent to an activating group) is 1. The summed E-state index contributed by atoms with van der Waals surface area (Å²) >= 11 is 0. The molecule has 22 heavy (non-hydrogen) atoms. The molecule has 1 N–H and O–H groups in total. The molecule has 116 valence electrons. The molecule has 0 radical (unpaired) electrons. The zero-order valence-corrected chi connectivity index (χ0v) is 13.1. The quantitative estimate of drug-likeness (QED) is 0.892. The van der Waals surface area contributed by atoms with E-state index in [1.54, 1.807) is 18.5 Å². The summed E-state index contributed by atoms with van der Waals surface area (Å²) < 4.78 is 0. The Hall–Kier alpha value is -2.40. The van der Waals surface area contributed by atoms with Gasteiger partial charge in [-0.3, -0.25) is 4.98 Å². The van der Waals surface area contributed by atoms with Crippen molar-refractivity contribution in [1.29, 1.82) is 0 Å². The Balaban J connectivity index is 2.04. The van der Waals surface area contributed by atoms with Gasteiger partial charge in [-0.25, -0.2) is 4.79 Å². The second-order valence-electron chi connectivity index (χ2n) is 5.38. The van der Waals surface area contributed by atoms with Crippen LogP contribution in [0.3, 0.4) is 0 Å². The summed E-state index contributed by atoms with van der Waals surface area (Å²) in [6.07, 6.45) is 3.33. The van der Waals surface area contributed by atoms with Crippen LogP contribution in [0.1, 0.15) is 5.56 Å². The molecule has 0 fully saturated rings. The average Bonchev–Trinajstić information content (AvgIpc) is 2.53. The Bertz CT molecular complexity index is 572. The lowest BCUT2D eigenvalue weighted by atomic mass is 10.2.